The quantitative estimate of drug-likeness (QED) is 0.883. The van der Waals surface area contributed by atoms with E-state index < -0.39 is 6.09 Å². The van der Waals surface area contributed by atoms with Crippen LogP contribution in [-0.2, 0) is 11.2 Å². The molecule has 0 bridgehead atoms. The number of nitrogens with zero attached hydrogens (tertiary/aromatic N) is 1. The number of amides is 1. The molecule has 2 aromatic rings. The summed E-state index contributed by atoms with van der Waals surface area (Å²) in [5, 5.41) is 0.462. The summed E-state index contributed by atoms with van der Waals surface area (Å²) in [4.78, 5) is 14.4. The highest BCUT2D eigenvalue weighted by atomic mass is 19.1. The molecule has 0 aliphatic rings. The topological polar surface area (TPSA) is 65.2 Å². The fourth-order valence-electron chi connectivity index (χ4n) is 1.62. The maximum absolute atomic E-state index is 14.0. The molecule has 0 saturated carbocycles. The van der Waals surface area contributed by atoms with Crippen LogP contribution in [0.4, 0.5) is 9.18 Å². The average Bonchev–Trinajstić information content (AvgIpc) is 2.32. The molecule has 5 heteroatoms. The zero-order valence-electron chi connectivity index (χ0n) is 9.02. The summed E-state index contributed by atoms with van der Waals surface area (Å²) < 4.78 is 18.6. The molecule has 0 aliphatic heterocycles. The predicted octanol–water partition coefficient (Wildman–Crippen LogP) is 2.01. The molecular formula is C12H11FN2O2. The molecule has 17 heavy (non-hydrogen) atoms. The van der Waals surface area contributed by atoms with Crippen molar-refractivity contribution in [2.24, 2.45) is 5.73 Å². The van der Waals surface area contributed by atoms with Crippen LogP contribution in [0.1, 0.15) is 5.56 Å². The smallest absolute Gasteiger partial charge is 0.404 e. The summed E-state index contributed by atoms with van der Waals surface area (Å²) in [7, 11) is 0. The Bertz CT molecular complexity index is 557. The van der Waals surface area contributed by atoms with Crippen molar-refractivity contribution in [3.05, 3.63) is 41.8 Å². The fourth-order valence-corrected chi connectivity index (χ4v) is 1.62. The largest absolute Gasteiger partial charge is 0.449 e. The van der Waals surface area contributed by atoms with Crippen LogP contribution in [0.5, 0.6) is 0 Å². The van der Waals surface area contributed by atoms with E-state index in [1.807, 2.05) is 0 Å². The second kappa shape index (κ2) is 4.78. The predicted molar refractivity (Wildman–Crippen MR) is 60.9 cm³/mol. The Balaban J connectivity index is 2.23. The molecule has 88 valence electrons. The van der Waals surface area contributed by atoms with E-state index in [4.69, 9.17) is 5.73 Å². The van der Waals surface area contributed by atoms with Gasteiger partial charge in [-0.1, -0.05) is 6.07 Å². The van der Waals surface area contributed by atoms with Gasteiger partial charge in [-0.3, -0.25) is 4.98 Å². The Kier molecular flexibility index (Phi) is 3.18. The maximum atomic E-state index is 14.0. The molecule has 1 heterocycles. The van der Waals surface area contributed by atoms with Gasteiger partial charge in [0.05, 0.1) is 12.1 Å². The molecule has 2 rings (SSSR count). The zero-order chi connectivity index (χ0) is 12.3. The van der Waals surface area contributed by atoms with E-state index in [0.717, 1.165) is 0 Å². The fraction of sp³-hybridized carbons (Fsp3) is 0.167. The number of rotatable bonds is 3. The third kappa shape index (κ3) is 2.50. The van der Waals surface area contributed by atoms with Crippen molar-refractivity contribution in [1.82, 2.24) is 4.98 Å². The lowest BCUT2D eigenvalue weighted by atomic mass is 10.1. The van der Waals surface area contributed by atoms with Gasteiger partial charge in [-0.15, -0.1) is 0 Å². The highest BCUT2D eigenvalue weighted by Gasteiger charge is 2.07. The van der Waals surface area contributed by atoms with Gasteiger partial charge in [0.25, 0.3) is 0 Å². The van der Waals surface area contributed by atoms with E-state index in [9.17, 15) is 9.18 Å². The number of ether oxygens (including phenoxy) is 1. The van der Waals surface area contributed by atoms with Crippen molar-refractivity contribution in [1.29, 1.82) is 0 Å². The number of pyridine rings is 1. The summed E-state index contributed by atoms with van der Waals surface area (Å²) in [5.41, 5.74) is 5.90. The summed E-state index contributed by atoms with van der Waals surface area (Å²) in [6, 6.07) is 6.71. The Hall–Kier alpha value is -2.17. The minimum atomic E-state index is -0.854. The summed E-state index contributed by atoms with van der Waals surface area (Å²) in [6.07, 6.45) is 1.05. The number of hydrogen-bond acceptors (Lipinski definition) is 3. The second-order valence-corrected chi connectivity index (χ2v) is 3.53. The molecule has 0 atom stereocenters. The molecule has 1 aromatic carbocycles. The lowest BCUT2D eigenvalue weighted by Gasteiger charge is -2.06. The SMILES string of the molecule is NC(=O)OCCc1ccc2ncccc2c1F. The number of carbonyl (C=O) groups excluding carboxylic acids is 1. The molecule has 0 radical (unpaired) electrons. The zero-order valence-corrected chi connectivity index (χ0v) is 9.02. The van der Waals surface area contributed by atoms with Crippen molar-refractivity contribution in [2.75, 3.05) is 6.61 Å². The molecule has 0 fully saturated rings. The lowest BCUT2D eigenvalue weighted by Crippen LogP contribution is -2.15. The highest BCUT2D eigenvalue weighted by Crippen LogP contribution is 2.19. The van der Waals surface area contributed by atoms with Gasteiger partial charge in [0, 0.05) is 18.0 Å². The normalized spacial score (nSPS) is 10.4. The first-order chi connectivity index (χ1) is 8.18. The van der Waals surface area contributed by atoms with Crippen LogP contribution in [-0.4, -0.2) is 17.7 Å². The third-order valence-electron chi connectivity index (χ3n) is 2.42. The number of halogens is 1. The maximum Gasteiger partial charge on any atom is 0.404 e. The summed E-state index contributed by atoms with van der Waals surface area (Å²) >= 11 is 0. The van der Waals surface area contributed by atoms with Gasteiger partial charge >= 0.3 is 6.09 Å². The Labute approximate surface area is 97.2 Å². The number of fused-ring (bicyclic) bond motifs is 1. The number of benzene rings is 1. The van der Waals surface area contributed by atoms with E-state index in [1.54, 1.807) is 30.5 Å². The van der Waals surface area contributed by atoms with Crippen LogP contribution in [0.2, 0.25) is 0 Å². The molecule has 0 unspecified atom stereocenters. The van der Waals surface area contributed by atoms with Crippen LogP contribution in [0.25, 0.3) is 10.9 Å². The molecular weight excluding hydrogens is 223 g/mol. The van der Waals surface area contributed by atoms with Gasteiger partial charge in [-0.25, -0.2) is 9.18 Å². The van der Waals surface area contributed by atoms with Crippen molar-refractivity contribution in [3.63, 3.8) is 0 Å². The van der Waals surface area contributed by atoms with Crippen LogP contribution in [0.3, 0.4) is 0 Å². The first kappa shape index (κ1) is 11.3. The lowest BCUT2D eigenvalue weighted by molar-refractivity contribution is 0.158. The minimum Gasteiger partial charge on any atom is -0.449 e. The molecule has 1 aromatic heterocycles. The first-order valence-corrected chi connectivity index (χ1v) is 5.13. The van der Waals surface area contributed by atoms with E-state index in [0.29, 0.717) is 22.9 Å². The van der Waals surface area contributed by atoms with Crippen molar-refractivity contribution in [3.8, 4) is 0 Å². The third-order valence-corrected chi connectivity index (χ3v) is 2.42. The number of carbonyl (C=O) groups is 1. The number of aromatic nitrogens is 1. The van der Waals surface area contributed by atoms with Gasteiger partial charge in [-0.05, 0) is 23.8 Å². The Morgan fingerprint density at radius 2 is 2.24 bits per heavy atom. The van der Waals surface area contributed by atoms with Gasteiger partial charge < -0.3 is 10.5 Å². The van der Waals surface area contributed by atoms with Gasteiger partial charge in [0.15, 0.2) is 0 Å². The molecule has 1 amide bonds. The van der Waals surface area contributed by atoms with Gasteiger partial charge in [-0.2, -0.15) is 0 Å². The van der Waals surface area contributed by atoms with E-state index in [1.165, 1.54) is 0 Å². The van der Waals surface area contributed by atoms with E-state index >= 15 is 0 Å². The standard InChI is InChI=1S/C12H11FN2O2/c13-11-8(5-7-17-12(14)16)3-4-10-9(11)2-1-6-15-10/h1-4,6H,5,7H2,(H2,14,16). The van der Waals surface area contributed by atoms with E-state index in [2.05, 4.69) is 9.72 Å². The van der Waals surface area contributed by atoms with Crippen molar-refractivity contribution >= 4 is 17.0 Å². The van der Waals surface area contributed by atoms with Gasteiger partial charge in [0.2, 0.25) is 0 Å². The summed E-state index contributed by atoms with van der Waals surface area (Å²) in [5.74, 6) is -0.330. The minimum absolute atomic E-state index is 0.0675. The van der Waals surface area contributed by atoms with Crippen LogP contribution in [0, 0.1) is 5.82 Å². The van der Waals surface area contributed by atoms with E-state index in [-0.39, 0.29) is 12.4 Å². The Morgan fingerprint density at radius 1 is 1.41 bits per heavy atom. The summed E-state index contributed by atoms with van der Waals surface area (Å²) in [6.45, 7) is 0.0675. The molecule has 0 aliphatic carbocycles. The number of nitrogens with two attached hydrogens (primary N) is 1. The second-order valence-electron chi connectivity index (χ2n) is 3.53. The first-order valence-electron chi connectivity index (χ1n) is 5.13. The van der Waals surface area contributed by atoms with Crippen molar-refractivity contribution < 1.29 is 13.9 Å². The van der Waals surface area contributed by atoms with Crippen molar-refractivity contribution in [2.45, 2.75) is 6.42 Å². The average molecular weight is 234 g/mol. The van der Waals surface area contributed by atoms with Crippen LogP contribution in [0.15, 0.2) is 30.5 Å². The number of hydrogen-bond donors (Lipinski definition) is 1. The highest BCUT2D eigenvalue weighted by molar-refractivity contribution is 5.79. The molecule has 0 spiro atoms. The molecule has 2 N–H and O–H groups in total. The Morgan fingerprint density at radius 3 is 3.00 bits per heavy atom. The molecule has 4 nitrogen and oxygen atoms in total. The molecule has 0 saturated heterocycles. The number of primary amides is 1. The van der Waals surface area contributed by atoms with Crippen LogP contribution >= 0.6 is 0 Å². The van der Waals surface area contributed by atoms with Gasteiger partial charge in [0.1, 0.15) is 5.82 Å². The monoisotopic (exact) mass is 234 g/mol. The van der Waals surface area contributed by atoms with Crippen LogP contribution < -0.4 is 5.73 Å².